The fourth-order valence-electron chi connectivity index (χ4n) is 1.53. The quantitative estimate of drug-likeness (QED) is 0.565. The summed E-state index contributed by atoms with van der Waals surface area (Å²) in [7, 11) is 1.80. The van der Waals surface area contributed by atoms with Gasteiger partial charge in [0.15, 0.2) is 10.6 Å². The maximum absolute atomic E-state index is 6.09. The number of hydrogen-bond acceptors (Lipinski definition) is 3. The predicted molar refractivity (Wildman–Crippen MR) is 70.1 cm³/mol. The van der Waals surface area contributed by atoms with Crippen LogP contribution in [0.15, 0.2) is 34.5 Å². The summed E-state index contributed by atoms with van der Waals surface area (Å²) in [5, 5.41) is 14.8. The normalized spacial score (nSPS) is 11.9. The molecule has 0 aliphatic rings. The average Bonchev–Trinajstić information content (AvgIpc) is 2.28. The highest BCUT2D eigenvalue weighted by atomic mass is 35.5. The Balaban J connectivity index is 2.88. The molecule has 0 N–H and O–H groups in total. The molecule has 1 aromatic heterocycles. The van der Waals surface area contributed by atoms with Gasteiger partial charge in [0.2, 0.25) is 0 Å². The molecule has 2 rings (SSSR count). The Hall–Kier alpha value is -1.68. The number of nitrogens with zero attached hydrogens (tertiary/aromatic N) is 4. The molecular weight excluding hydrogens is 236 g/mol. The van der Waals surface area contributed by atoms with E-state index in [0.29, 0.717) is 10.6 Å². The molecule has 17 heavy (non-hydrogen) atoms. The van der Waals surface area contributed by atoms with Crippen molar-refractivity contribution in [2.45, 2.75) is 13.8 Å². The second-order valence-corrected chi connectivity index (χ2v) is 4.29. The first-order chi connectivity index (χ1) is 8.09. The van der Waals surface area contributed by atoms with Crippen LogP contribution < -0.4 is 5.49 Å². The SMILES string of the molecule is CC(C)=NN=c1c2ccccc2c(Cl)nn1C. The van der Waals surface area contributed by atoms with Crippen molar-refractivity contribution < 1.29 is 0 Å². The van der Waals surface area contributed by atoms with Crippen molar-refractivity contribution in [1.29, 1.82) is 0 Å². The van der Waals surface area contributed by atoms with Crippen LogP contribution in [0, 0.1) is 0 Å². The van der Waals surface area contributed by atoms with Crippen molar-refractivity contribution in [2.24, 2.45) is 17.3 Å². The van der Waals surface area contributed by atoms with Gasteiger partial charge in [-0.3, -0.25) is 0 Å². The Morgan fingerprint density at radius 3 is 2.53 bits per heavy atom. The lowest BCUT2D eigenvalue weighted by atomic mass is 10.2. The molecule has 0 aliphatic carbocycles. The van der Waals surface area contributed by atoms with Crippen LogP contribution >= 0.6 is 11.6 Å². The highest BCUT2D eigenvalue weighted by molar-refractivity contribution is 6.34. The minimum absolute atomic E-state index is 0.472. The Morgan fingerprint density at radius 1 is 1.24 bits per heavy atom. The summed E-state index contributed by atoms with van der Waals surface area (Å²) in [4.78, 5) is 0. The van der Waals surface area contributed by atoms with Crippen molar-refractivity contribution >= 4 is 28.1 Å². The summed E-state index contributed by atoms with van der Waals surface area (Å²) < 4.78 is 1.64. The number of fused-ring (bicyclic) bond motifs is 1. The molecule has 0 saturated carbocycles. The molecule has 0 unspecified atom stereocenters. The Morgan fingerprint density at radius 2 is 1.88 bits per heavy atom. The molecule has 88 valence electrons. The van der Waals surface area contributed by atoms with E-state index in [1.165, 1.54) is 0 Å². The number of hydrogen-bond donors (Lipinski definition) is 0. The summed E-state index contributed by atoms with van der Waals surface area (Å²) >= 11 is 6.09. The fourth-order valence-corrected chi connectivity index (χ4v) is 1.81. The molecule has 0 spiro atoms. The highest BCUT2D eigenvalue weighted by Crippen LogP contribution is 2.16. The van der Waals surface area contributed by atoms with E-state index in [9.17, 15) is 0 Å². The lowest BCUT2D eigenvalue weighted by Gasteiger charge is -2.04. The van der Waals surface area contributed by atoms with Gasteiger partial charge in [0.25, 0.3) is 0 Å². The van der Waals surface area contributed by atoms with Crippen molar-refractivity contribution in [2.75, 3.05) is 0 Å². The second kappa shape index (κ2) is 4.67. The predicted octanol–water partition coefficient (Wildman–Crippen LogP) is 2.52. The van der Waals surface area contributed by atoms with Crippen LogP contribution in [0.5, 0.6) is 0 Å². The standard InChI is InChI=1S/C12H13ClN4/c1-8(2)14-15-12-10-7-5-4-6-9(10)11(13)16-17(12)3/h4-7H,1-3H3. The third-order valence-corrected chi connectivity index (χ3v) is 2.56. The molecule has 1 heterocycles. The molecule has 0 fully saturated rings. The molecule has 2 aromatic rings. The van der Waals surface area contributed by atoms with Crippen LogP contribution in [0.4, 0.5) is 0 Å². The molecule has 5 heteroatoms. The molecule has 1 aromatic carbocycles. The van der Waals surface area contributed by atoms with Crippen LogP contribution in [-0.4, -0.2) is 15.5 Å². The van der Waals surface area contributed by atoms with Crippen LogP contribution in [0.3, 0.4) is 0 Å². The van der Waals surface area contributed by atoms with Gasteiger partial charge in [-0.2, -0.15) is 10.2 Å². The van der Waals surface area contributed by atoms with Gasteiger partial charge in [0.1, 0.15) is 0 Å². The lowest BCUT2D eigenvalue weighted by Crippen LogP contribution is -2.21. The van der Waals surface area contributed by atoms with Crippen molar-refractivity contribution in [3.8, 4) is 0 Å². The smallest absolute Gasteiger partial charge is 0.179 e. The van der Waals surface area contributed by atoms with Gasteiger partial charge in [0, 0.05) is 23.5 Å². The van der Waals surface area contributed by atoms with Gasteiger partial charge in [-0.25, -0.2) is 4.68 Å². The van der Waals surface area contributed by atoms with Gasteiger partial charge < -0.3 is 0 Å². The van der Waals surface area contributed by atoms with E-state index in [4.69, 9.17) is 11.6 Å². The monoisotopic (exact) mass is 248 g/mol. The number of benzene rings is 1. The lowest BCUT2D eigenvalue weighted by molar-refractivity contribution is 0.696. The molecule has 0 atom stereocenters. The zero-order valence-electron chi connectivity index (χ0n) is 9.98. The summed E-state index contributed by atoms with van der Waals surface area (Å²) in [6.45, 7) is 3.80. The summed E-state index contributed by atoms with van der Waals surface area (Å²) in [6, 6.07) is 7.75. The minimum atomic E-state index is 0.472. The molecule has 0 saturated heterocycles. The van der Waals surface area contributed by atoms with E-state index < -0.39 is 0 Å². The molecular formula is C12H13ClN4. The number of aromatic nitrogens is 2. The van der Waals surface area contributed by atoms with E-state index in [0.717, 1.165) is 16.5 Å². The average molecular weight is 249 g/mol. The maximum Gasteiger partial charge on any atom is 0.179 e. The van der Waals surface area contributed by atoms with Gasteiger partial charge in [-0.1, -0.05) is 35.9 Å². The first-order valence-corrected chi connectivity index (χ1v) is 5.64. The third-order valence-electron chi connectivity index (χ3n) is 2.28. The summed E-state index contributed by atoms with van der Waals surface area (Å²) in [5.74, 6) is 0. The van der Waals surface area contributed by atoms with E-state index >= 15 is 0 Å². The van der Waals surface area contributed by atoms with E-state index in [1.54, 1.807) is 11.7 Å². The Kier molecular flexibility index (Phi) is 3.24. The van der Waals surface area contributed by atoms with Crippen LogP contribution in [0.25, 0.3) is 10.8 Å². The largest absolute Gasteiger partial charge is 0.248 e. The highest BCUT2D eigenvalue weighted by Gasteiger charge is 2.04. The van der Waals surface area contributed by atoms with Crippen molar-refractivity contribution in [1.82, 2.24) is 9.78 Å². The second-order valence-electron chi connectivity index (χ2n) is 3.93. The molecule has 0 amide bonds. The third kappa shape index (κ3) is 2.36. The van der Waals surface area contributed by atoms with Crippen LogP contribution in [-0.2, 0) is 7.05 Å². The van der Waals surface area contributed by atoms with Gasteiger partial charge in [-0.15, -0.1) is 5.10 Å². The van der Waals surface area contributed by atoms with E-state index in [1.807, 2.05) is 38.1 Å². The van der Waals surface area contributed by atoms with E-state index in [-0.39, 0.29) is 0 Å². The molecule has 4 nitrogen and oxygen atoms in total. The fraction of sp³-hybridized carbons (Fsp3) is 0.250. The molecule has 0 radical (unpaired) electrons. The number of aryl methyl sites for hydroxylation is 1. The van der Waals surface area contributed by atoms with Crippen LogP contribution in [0.1, 0.15) is 13.8 Å². The molecule has 0 aliphatic heterocycles. The maximum atomic E-state index is 6.09. The zero-order valence-corrected chi connectivity index (χ0v) is 10.7. The van der Waals surface area contributed by atoms with Crippen molar-refractivity contribution in [3.63, 3.8) is 0 Å². The Bertz CT molecular complexity index is 651. The first-order valence-electron chi connectivity index (χ1n) is 5.26. The van der Waals surface area contributed by atoms with Crippen molar-refractivity contribution in [3.05, 3.63) is 34.9 Å². The summed E-state index contributed by atoms with van der Waals surface area (Å²) in [5.41, 5.74) is 1.59. The van der Waals surface area contributed by atoms with Gasteiger partial charge in [-0.05, 0) is 13.8 Å². The van der Waals surface area contributed by atoms with E-state index in [2.05, 4.69) is 15.3 Å². The van der Waals surface area contributed by atoms with Gasteiger partial charge >= 0.3 is 0 Å². The first kappa shape index (κ1) is 11.8. The molecule has 0 bridgehead atoms. The van der Waals surface area contributed by atoms with Gasteiger partial charge in [0.05, 0.1) is 0 Å². The topological polar surface area (TPSA) is 42.5 Å². The Labute approximate surface area is 104 Å². The number of halogens is 1. The number of rotatable bonds is 1. The van der Waals surface area contributed by atoms with Crippen LogP contribution in [0.2, 0.25) is 5.15 Å². The zero-order chi connectivity index (χ0) is 12.4. The minimum Gasteiger partial charge on any atom is -0.248 e. The summed E-state index contributed by atoms with van der Waals surface area (Å²) in [6.07, 6.45) is 0.